The Kier molecular flexibility index (Phi) is 6.54. The van der Waals surface area contributed by atoms with Gasteiger partial charge in [0.1, 0.15) is 17.2 Å². The smallest absolute Gasteiger partial charge is 0.325 e. The lowest BCUT2D eigenvalue weighted by molar-refractivity contribution is -0.148. The van der Waals surface area contributed by atoms with Crippen LogP contribution in [0, 0.1) is 17.2 Å². The first-order valence-corrected chi connectivity index (χ1v) is 8.91. The number of rotatable bonds is 8. The van der Waals surface area contributed by atoms with Crippen molar-refractivity contribution in [2.24, 2.45) is 5.92 Å². The summed E-state index contributed by atoms with van der Waals surface area (Å²) in [6.07, 6.45) is 0. The van der Waals surface area contributed by atoms with Crippen LogP contribution in [0.3, 0.4) is 0 Å². The number of nitrogens with one attached hydrogen (secondary N) is 1. The first-order valence-electron chi connectivity index (χ1n) is 8.91. The summed E-state index contributed by atoms with van der Waals surface area (Å²) in [4.78, 5) is 16.7. The summed E-state index contributed by atoms with van der Waals surface area (Å²) in [6.45, 7) is 7.30. The number of carboxylic acid groups (broad SMARTS) is 1. The normalized spacial score (nSPS) is 14.4. The standard InChI is InChI=1S/C21H25N3O3/c1-14(2)21(20(25)26,24-15(3)4)17(13-22)18-11-8-12-19(23-18)27-16-9-6-5-7-10-16/h5-12,14-15,17,24H,1-4H3,(H,25,26). The van der Waals surface area contributed by atoms with Gasteiger partial charge in [0.25, 0.3) is 0 Å². The summed E-state index contributed by atoms with van der Waals surface area (Å²) in [6, 6.07) is 16.3. The van der Waals surface area contributed by atoms with E-state index in [2.05, 4.69) is 16.4 Å². The summed E-state index contributed by atoms with van der Waals surface area (Å²) in [5.41, 5.74) is -1.11. The number of aromatic nitrogens is 1. The fourth-order valence-corrected chi connectivity index (χ4v) is 3.15. The van der Waals surface area contributed by atoms with E-state index < -0.39 is 17.4 Å². The van der Waals surface area contributed by atoms with E-state index >= 15 is 0 Å². The zero-order chi connectivity index (χ0) is 20.0. The molecule has 0 saturated carbocycles. The van der Waals surface area contributed by atoms with Gasteiger partial charge in [0.15, 0.2) is 0 Å². The molecule has 1 heterocycles. The maximum Gasteiger partial charge on any atom is 0.325 e. The summed E-state index contributed by atoms with van der Waals surface area (Å²) < 4.78 is 5.74. The maximum absolute atomic E-state index is 12.3. The number of benzene rings is 1. The highest BCUT2D eigenvalue weighted by atomic mass is 16.5. The highest BCUT2D eigenvalue weighted by Gasteiger charge is 2.50. The van der Waals surface area contributed by atoms with E-state index in [1.54, 1.807) is 44.2 Å². The predicted molar refractivity (Wildman–Crippen MR) is 103 cm³/mol. The summed E-state index contributed by atoms with van der Waals surface area (Å²) >= 11 is 0. The van der Waals surface area contributed by atoms with Crippen molar-refractivity contribution in [3.05, 3.63) is 54.2 Å². The van der Waals surface area contributed by atoms with E-state index in [4.69, 9.17) is 4.74 Å². The van der Waals surface area contributed by atoms with E-state index in [0.717, 1.165) is 0 Å². The van der Waals surface area contributed by atoms with Crippen LogP contribution in [0.2, 0.25) is 0 Å². The largest absolute Gasteiger partial charge is 0.480 e. The molecule has 1 aromatic heterocycles. The van der Waals surface area contributed by atoms with E-state index in [-0.39, 0.29) is 12.0 Å². The average Bonchev–Trinajstić information content (AvgIpc) is 2.62. The molecule has 2 N–H and O–H groups in total. The molecule has 1 aromatic carbocycles. The number of ether oxygens (including phenoxy) is 1. The van der Waals surface area contributed by atoms with Crippen LogP contribution in [0.5, 0.6) is 11.6 Å². The summed E-state index contributed by atoms with van der Waals surface area (Å²) in [5, 5.41) is 23.0. The molecule has 0 radical (unpaired) electrons. The second kappa shape index (κ2) is 8.65. The van der Waals surface area contributed by atoms with Crippen molar-refractivity contribution >= 4 is 5.97 Å². The molecule has 0 amide bonds. The Bertz CT molecular complexity index is 815. The Labute approximate surface area is 159 Å². The zero-order valence-corrected chi connectivity index (χ0v) is 16.0. The van der Waals surface area contributed by atoms with E-state index in [0.29, 0.717) is 17.3 Å². The molecule has 6 nitrogen and oxygen atoms in total. The van der Waals surface area contributed by atoms with Crippen molar-refractivity contribution in [3.8, 4) is 17.7 Å². The zero-order valence-electron chi connectivity index (χ0n) is 16.0. The number of carbonyl (C=O) groups is 1. The number of hydrogen-bond donors (Lipinski definition) is 2. The van der Waals surface area contributed by atoms with Gasteiger partial charge in [0.2, 0.25) is 5.88 Å². The van der Waals surface area contributed by atoms with Gasteiger partial charge in [0, 0.05) is 12.1 Å². The Balaban J connectivity index is 2.47. The lowest BCUT2D eigenvalue weighted by atomic mass is 9.73. The van der Waals surface area contributed by atoms with Gasteiger partial charge < -0.3 is 9.84 Å². The third-order valence-electron chi connectivity index (χ3n) is 4.38. The molecule has 27 heavy (non-hydrogen) atoms. The van der Waals surface area contributed by atoms with Crippen molar-refractivity contribution in [1.29, 1.82) is 5.26 Å². The predicted octanol–water partition coefficient (Wildman–Crippen LogP) is 3.96. The van der Waals surface area contributed by atoms with Crippen molar-refractivity contribution in [2.75, 3.05) is 0 Å². The topological polar surface area (TPSA) is 95.2 Å². The second-order valence-electron chi connectivity index (χ2n) is 7.01. The van der Waals surface area contributed by atoms with Gasteiger partial charge in [-0.05, 0) is 38.0 Å². The van der Waals surface area contributed by atoms with Crippen LogP contribution < -0.4 is 10.1 Å². The van der Waals surface area contributed by atoms with Gasteiger partial charge in [-0.15, -0.1) is 0 Å². The number of carboxylic acids is 1. The summed E-state index contributed by atoms with van der Waals surface area (Å²) in [5.74, 6) is -1.48. The van der Waals surface area contributed by atoms with E-state index in [1.807, 2.05) is 32.0 Å². The minimum absolute atomic E-state index is 0.122. The van der Waals surface area contributed by atoms with Crippen LogP contribution in [0.1, 0.15) is 39.3 Å². The molecular weight excluding hydrogens is 342 g/mol. The highest BCUT2D eigenvalue weighted by Crippen LogP contribution is 2.35. The van der Waals surface area contributed by atoms with Gasteiger partial charge in [-0.2, -0.15) is 5.26 Å². The second-order valence-corrected chi connectivity index (χ2v) is 7.01. The molecule has 0 saturated heterocycles. The van der Waals surface area contributed by atoms with Gasteiger partial charge in [-0.1, -0.05) is 38.1 Å². The molecule has 2 unspecified atom stereocenters. The Morgan fingerprint density at radius 3 is 2.33 bits per heavy atom. The Morgan fingerprint density at radius 2 is 1.81 bits per heavy atom. The molecule has 0 spiro atoms. The van der Waals surface area contributed by atoms with Crippen LogP contribution >= 0.6 is 0 Å². The number of aliphatic carboxylic acids is 1. The SMILES string of the molecule is CC(C)NC(C(=O)O)(C(C)C)C(C#N)c1cccc(Oc2ccccc2)n1. The molecule has 6 heteroatoms. The van der Waals surface area contributed by atoms with Gasteiger partial charge >= 0.3 is 5.97 Å². The highest BCUT2D eigenvalue weighted by molar-refractivity contribution is 5.81. The van der Waals surface area contributed by atoms with Crippen LogP contribution in [0.25, 0.3) is 0 Å². The maximum atomic E-state index is 12.3. The molecule has 0 aliphatic heterocycles. The third-order valence-corrected chi connectivity index (χ3v) is 4.38. The molecule has 2 aromatic rings. The lowest BCUT2D eigenvalue weighted by Gasteiger charge is -2.39. The molecule has 2 rings (SSSR count). The monoisotopic (exact) mass is 367 g/mol. The average molecular weight is 367 g/mol. The first kappa shape index (κ1) is 20.4. The minimum atomic E-state index is -1.47. The molecule has 0 fully saturated rings. The van der Waals surface area contributed by atoms with Crippen LogP contribution in [-0.2, 0) is 4.79 Å². The fourth-order valence-electron chi connectivity index (χ4n) is 3.15. The third kappa shape index (κ3) is 4.44. The van der Waals surface area contributed by atoms with Gasteiger partial charge in [-0.25, -0.2) is 4.98 Å². The molecule has 0 aliphatic carbocycles. The van der Waals surface area contributed by atoms with Crippen molar-refractivity contribution in [3.63, 3.8) is 0 Å². The van der Waals surface area contributed by atoms with Crippen molar-refractivity contribution < 1.29 is 14.6 Å². The molecular formula is C21H25N3O3. The van der Waals surface area contributed by atoms with Crippen molar-refractivity contribution in [2.45, 2.75) is 45.2 Å². The number of nitrogens with zero attached hydrogens (tertiary/aromatic N) is 2. The number of hydrogen-bond acceptors (Lipinski definition) is 5. The minimum Gasteiger partial charge on any atom is -0.480 e. The number of nitriles is 1. The molecule has 2 atom stereocenters. The molecule has 0 bridgehead atoms. The number of para-hydroxylation sites is 1. The Hall–Kier alpha value is -2.91. The van der Waals surface area contributed by atoms with E-state index in [1.165, 1.54) is 0 Å². The Morgan fingerprint density at radius 1 is 1.15 bits per heavy atom. The number of pyridine rings is 1. The molecule has 0 aliphatic rings. The van der Waals surface area contributed by atoms with Crippen LogP contribution in [-0.4, -0.2) is 27.6 Å². The van der Waals surface area contributed by atoms with Gasteiger partial charge in [0.05, 0.1) is 11.8 Å². The quantitative estimate of drug-likeness (QED) is 0.733. The summed E-state index contributed by atoms with van der Waals surface area (Å²) in [7, 11) is 0. The lowest BCUT2D eigenvalue weighted by Crippen LogP contribution is -2.61. The van der Waals surface area contributed by atoms with Crippen LogP contribution in [0.4, 0.5) is 0 Å². The van der Waals surface area contributed by atoms with E-state index in [9.17, 15) is 15.2 Å². The van der Waals surface area contributed by atoms with Crippen molar-refractivity contribution in [1.82, 2.24) is 10.3 Å². The van der Waals surface area contributed by atoms with Crippen LogP contribution in [0.15, 0.2) is 48.5 Å². The van der Waals surface area contributed by atoms with Gasteiger partial charge in [-0.3, -0.25) is 10.1 Å². The fraction of sp³-hybridized carbons (Fsp3) is 0.381. The molecule has 142 valence electrons. The first-order chi connectivity index (χ1) is 12.8.